The molecule has 0 radical (unpaired) electrons. The maximum absolute atomic E-state index is 13.7. The molecule has 1 aliphatic rings. The van der Waals surface area contributed by atoms with Crippen molar-refractivity contribution in [2.24, 2.45) is 0 Å². The van der Waals surface area contributed by atoms with E-state index in [1.165, 1.54) is 30.0 Å². The minimum atomic E-state index is -4.58. The molecule has 1 fully saturated rings. The van der Waals surface area contributed by atoms with Gasteiger partial charge >= 0.3 is 0 Å². The van der Waals surface area contributed by atoms with E-state index in [1.807, 2.05) is 42.5 Å². The molecular weight excluding hydrogens is 780 g/mol. The van der Waals surface area contributed by atoms with E-state index in [1.54, 1.807) is 48.5 Å². The Balaban J connectivity index is 1.06. The van der Waals surface area contributed by atoms with Gasteiger partial charge in [0.25, 0.3) is 27.2 Å². The van der Waals surface area contributed by atoms with Crippen LogP contribution < -0.4 is 25.2 Å². The average Bonchev–Trinajstić information content (AvgIpc) is 3.22. The average molecular weight is 819 g/mol. The Morgan fingerprint density at radius 3 is 2.31 bits per heavy atom. The van der Waals surface area contributed by atoms with Crippen LogP contribution in [0.2, 0.25) is 5.02 Å². The Morgan fingerprint density at radius 2 is 1.57 bits per heavy atom. The monoisotopic (exact) mass is 818 g/mol. The first-order chi connectivity index (χ1) is 28.0. The molecule has 1 saturated heterocycles. The molecule has 0 unspecified atom stereocenters. The number of carbonyl (C=O) groups excluding carboxylic acids is 1. The van der Waals surface area contributed by atoms with Crippen LogP contribution in [0.1, 0.15) is 21.5 Å². The summed E-state index contributed by atoms with van der Waals surface area (Å²) < 4.78 is 35.3. The number of H-pyrrole nitrogens is 1. The molecule has 5 aromatic carbocycles. The molecule has 15 heteroatoms. The zero-order valence-corrected chi connectivity index (χ0v) is 32.7. The lowest BCUT2D eigenvalue weighted by Crippen LogP contribution is -2.46. The molecule has 0 bridgehead atoms. The first kappa shape index (κ1) is 39.7. The van der Waals surface area contributed by atoms with Crippen LogP contribution in [0.5, 0.6) is 11.5 Å². The summed E-state index contributed by atoms with van der Waals surface area (Å²) in [5.41, 5.74) is 3.97. The number of nitro benzene ring substituents is 1. The number of hydrogen-bond acceptors (Lipinski definition) is 10. The molecule has 1 aliphatic heterocycles. The van der Waals surface area contributed by atoms with Crippen LogP contribution in [-0.2, 0) is 23.0 Å². The van der Waals surface area contributed by atoms with Gasteiger partial charge in [-0.3, -0.25) is 24.6 Å². The Labute approximate surface area is 340 Å². The Bertz CT molecular complexity index is 2600. The second kappa shape index (κ2) is 17.8. The van der Waals surface area contributed by atoms with Crippen molar-refractivity contribution in [3.63, 3.8) is 0 Å². The molecule has 3 N–H and O–H groups in total. The highest BCUT2D eigenvalue weighted by Crippen LogP contribution is 2.33. The van der Waals surface area contributed by atoms with Gasteiger partial charge in [0.2, 0.25) is 0 Å². The number of pyridine rings is 1. The fourth-order valence-corrected chi connectivity index (χ4v) is 7.88. The maximum atomic E-state index is 13.7. The van der Waals surface area contributed by atoms with Crippen LogP contribution in [0.4, 0.5) is 17.1 Å². The van der Waals surface area contributed by atoms with Crippen molar-refractivity contribution in [1.82, 2.24) is 14.6 Å². The van der Waals surface area contributed by atoms with E-state index in [9.17, 15) is 28.1 Å². The standard InChI is InChI=1S/C43H39ClN6O7S/c44-33-14-12-30(13-15-33)37-11-5-4-7-32(37)29-48-23-25-49(26-24-48)34-16-18-38(41(27-34)57-35-9-2-1-3-10-35)43(52)47-58(55,56)36-17-19-39(40(28-36)50(53)54)45-22-20-31-8-6-21-46-42(31)51/h1-19,21,27-28,45H,20,22-26,29H2,(H,46,51)(H,47,52). The number of amides is 1. The fourth-order valence-electron chi connectivity index (χ4n) is 6.77. The quantitative estimate of drug-likeness (QED) is 0.0740. The molecule has 0 saturated carbocycles. The molecule has 1 amide bonds. The van der Waals surface area contributed by atoms with Gasteiger partial charge in [-0.2, -0.15) is 0 Å². The van der Waals surface area contributed by atoms with Gasteiger partial charge < -0.3 is 19.9 Å². The number of para-hydroxylation sites is 1. The number of nitrogens with one attached hydrogen (secondary N) is 3. The highest BCUT2D eigenvalue weighted by Gasteiger charge is 2.27. The topological polar surface area (TPSA) is 167 Å². The first-order valence-electron chi connectivity index (χ1n) is 18.5. The van der Waals surface area contributed by atoms with Crippen LogP contribution in [0.15, 0.2) is 143 Å². The first-order valence-corrected chi connectivity index (χ1v) is 20.3. The minimum Gasteiger partial charge on any atom is -0.456 e. The van der Waals surface area contributed by atoms with Gasteiger partial charge in [0.1, 0.15) is 17.2 Å². The van der Waals surface area contributed by atoms with Crippen molar-refractivity contribution in [3.05, 3.63) is 176 Å². The van der Waals surface area contributed by atoms with E-state index in [0.29, 0.717) is 29.4 Å². The number of carbonyl (C=O) groups is 1. The lowest BCUT2D eigenvalue weighted by Gasteiger charge is -2.36. The molecule has 13 nitrogen and oxygen atoms in total. The smallest absolute Gasteiger partial charge is 0.293 e. The molecule has 7 rings (SSSR count). The highest BCUT2D eigenvalue weighted by molar-refractivity contribution is 7.90. The number of rotatable bonds is 14. The molecular formula is C43H39ClN6O7S. The predicted octanol–water partition coefficient (Wildman–Crippen LogP) is 7.49. The third-order valence-corrected chi connectivity index (χ3v) is 11.4. The fraction of sp³-hybridized carbons (Fsp3) is 0.163. The third-order valence-electron chi connectivity index (χ3n) is 9.80. The number of piperazine rings is 1. The largest absolute Gasteiger partial charge is 0.456 e. The Hall–Kier alpha value is -6.48. The number of nitro groups is 1. The number of aromatic amines is 1. The molecule has 0 spiro atoms. The molecule has 2 heterocycles. The summed E-state index contributed by atoms with van der Waals surface area (Å²) in [7, 11) is -4.58. The van der Waals surface area contributed by atoms with Crippen LogP contribution >= 0.6 is 11.6 Å². The number of nitrogens with zero attached hydrogens (tertiary/aromatic N) is 3. The third kappa shape index (κ3) is 9.54. The molecule has 6 aromatic rings. The van der Waals surface area contributed by atoms with E-state index < -0.39 is 31.4 Å². The van der Waals surface area contributed by atoms with Crippen molar-refractivity contribution >= 4 is 44.6 Å². The zero-order chi connectivity index (χ0) is 40.6. The van der Waals surface area contributed by atoms with Crippen molar-refractivity contribution in [2.45, 2.75) is 17.9 Å². The second-order valence-corrected chi connectivity index (χ2v) is 15.7. The summed E-state index contributed by atoms with van der Waals surface area (Å²) in [5.74, 6) is -0.394. The normalized spacial score (nSPS) is 13.2. The van der Waals surface area contributed by atoms with Gasteiger partial charge in [-0.25, -0.2) is 13.1 Å². The van der Waals surface area contributed by atoms with E-state index in [-0.39, 0.29) is 35.5 Å². The van der Waals surface area contributed by atoms with E-state index in [0.717, 1.165) is 42.5 Å². The van der Waals surface area contributed by atoms with Gasteiger partial charge in [0.05, 0.1) is 15.4 Å². The Kier molecular flexibility index (Phi) is 12.2. The van der Waals surface area contributed by atoms with E-state index in [2.05, 4.69) is 37.0 Å². The highest BCUT2D eigenvalue weighted by atomic mass is 35.5. The number of halogens is 1. The van der Waals surface area contributed by atoms with Crippen LogP contribution in [0.3, 0.4) is 0 Å². The van der Waals surface area contributed by atoms with Crippen LogP contribution in [-0.4, -0.2) is 61.9 Å². The van der Waals surface area contributed by atoms with Crippen molar-refractivity contribution < 1.29 is 22.9 Å². The summed E-state index contributed by atoms with van der Waals surface area (Å²) in [6, 6.07) is 36.6. The SMILES string of the molecule is O=C(NS(=O)(=O)c1ccc(NCCc2ccc[nH]c2=O)c([N+](=O)[O-])c1)c1ccc(N2CCN(Cc3ccccc3-c3ccc(Cl)cc3)CC2)cc1Oc1ccccc1. The number of aromatic nitrogens is 1. The number of hydrogen-bond donors (Lipinski definition) is 3. The number of sulfonamides is 1. The summed E-state index contributed by atoms with van der Waals surface area (Å²) in [4.78, 5) is 43.6. The molecule has 58 heavy (non-hydrogen) atoms. The Morgan fingerprint density at radius 1 is 0.845 bits per heavy atom. The molecule has 0 atom stereocenters. The van der Waals surface area contributed by atoms with Gasteiger partial charge in [-0.15, -0.1) is 0 Å². The van der Waals surface area contributed by atoms with Gasteiger partial charge in [-0.05, 0) is 77.7 Å². The molecule has 296 valence electrons. The van der Waals surface area contributed by atoms with Gasteiger partial charge in [-0.1, -0.05) is 72.3 Å². The minimum absolute atomic E-state index is 0.0442. The van der Waals surface area contributed by atoms with Gasteiger partial charge in [0, 0.05) is 73.9 Å². The molecule has 1 aromatic heterocycles. The maximum Gasteiger partial charge on any atom is 0.293 e. The summed E-state index contributed by atoms with van der Waals surface area (Å²) in [5, 5.41) is 15.6. The van der Waals surface area contributed by atoms with Crippen LogP contribution in [0.25, 0.3) is 11.1 Å². The van der Waals surface area contributed by atoms with Gasteiger partial charge in [0.15, 0.2) is 0 Å². The van der Waals surface area contributed by atoms with E-state index >= 15 is 0 Å². The number of ether oxygens (including phenoxy) is 1. The van der Waals surface area contributed by atoms with Crippen molar-refractivity contribution in [1.29, 1.82) is 0 Å². The number of benzene rings is 5. The predicted molar refractivity (Wildman–Crippen MR) is 224 cm³/mol. The van der Waals surface area contributed by atoms with E-state index in [4.69, 9.17) is 16.3 Å². The zero-order valence-electron chi connectivity index (χ0n) is 31.1. The van der Waals surface area contributed by atoms with Crippen LogP contribution in [0, 0.1) is 10.1 Å². The molecule has 0 aliphatic carbocycles. The summed E-state index contributed by atoms with van der Waals surface area (Å²) in [6.07, 6.45) is 1.77. The lowest BCUT2D eigenvalue weighted by molar-refractivity contribution is -0.384. The lowest BCUT2D eigenvalue weighted by atomic mass is 9.99. The summed E-state index contributed by atoms with van der Waals surface area (Å²) in [6.45, 7) is 3.88. The van der Waals surface area contributed by atoms with Crippen molar-refractivity contribution in [2.75, 3.05) is 42.9 Å². The summed E-state index contributed by atoms with van der Waals surface area (Å²) >= 11 is 6.14. The van der Waals surface area contributed by atoms with Crippen molar-refractivity contribution in [3.8, 4) is 22.6 Å². The number of anilines is 2. The second-order valence-electron chi connectivity index (χ2n) is 13.6.